The van der Waals surface area contributed by atoms with Crippen molar-refractivity contribution in [2.45, 2.75) is 44.2 Å². The molecule has 0 spiro atoms. The molecule has 0 bridgehead atoms. The molecule has 1 saturated carbocycles. The fourth-order valence-corrected chi connectivity index (χ4v) is 3.03. The third-order valence-electron chi connectivity index (χ3n) is 4.24. The van der Waals surface area contributed by atoms with Crippen molar-refractivity contribution in [2.24, 2.45) is 0 Å². The Hall–Kier alpha value is -0.610. The minimum Gasteiger partial charge on any atom is -0.337 e. The molecule has 0 aromatic carbocycles. The molecule has 0 aromatic rings. The number of hydrogen-bond donors (Lipinski definition) is 1. The van der Waals surface area contributed by atoms with Gasteiger partial charge < -0.3 is 10.2 Å². The maximum absolute atomic E-state index is 11.6. The van der Waals surface area contributed by atoms with Crippen LogP contribution >= 0.6 is 0 Å². The van der Waals surface area contributed by atoms with Gasteiger partial charge in [0.05, 0.1) is 0 Å². The van der Waals surface area contributed by atoms with Crippen molar-refractivity contribution < 1.29 is 4.79 Å². The summed E-state index contributed by atoms with van der Waals surface area (Å²) >= 11 is 0. The van der Waals surface area contributed by atoms with Crippen molar-refractivity contribution in [3.63, 3.8) is 0 Å². The minimum absolute atomic E-state index is 0.380. The lowest BCUT2D eigenvalue weighted by atomic mass is 10.1. The minimum atomic E-state index is 0.380. The fraction of sp³-hybridized carbons (Fsp3) is 0.923. The summed E-state index contributed by atoms with van der Waals surface area (Å²) in [7, 11) is 0. The molecule has 0 radical (unpaired) electrons. The zero-order valence-electron chi connectivity index (χ0n) is 10.5. The third-order valence-corrected chi connectivity index (χ3v) is 4.24. The van der Waals surface area contributed by atoms with E-state index in [1.54, 1.807) is 0 Å². The van der Waals surface area contributed by atoms with Gasteiger partial charge in [0.15, 0.2) is 0 Å². The van der Waals surface area contributed by atoms with Crippen LogP contribution in [0.3, 0.4) is 0 Å². The summed E-state index contributed by atoms with van der Waals surface area (Å²) in [6.07, 6.45) is 5.86. The Kier molecular flexibility index (Phi) is 3.34. The van der Waals surface area contributed by atoms with E-state index in [-0.39, 0.29) is 0 Å². The summed E-state index contributed by atoms with van der Waals surface area (Å²) in [5.41, 5.74) is 0. The molecule has 4 nitrogen and oxygen atoms in total. The van der Waals surface area contributed by atoms with E-state index in [4.69, 9.17) is 0 Å². The third kappa shape index (κ3) is 2.80. The molecule has 3 aliphatic rings. The Morgan fingerprint density at radius 3 is 2.94 bits per heavy atom. The molecule has 96 valence electrons. The van der Waals surface area contributed by atoms with Crippen LogP contribution in [0.2, 0.25) is 0 Å². The van der Waals surface area contributed by atoms with Gasteiger partial charge in [-0.1, -0.05) is 0 Å². The van der Waals surface area contributed by atoms with Gasteiger partial charge in [0.25, 0.3) is 0 Å². The topological polar surface area (TPSA) is 35.6 Å². The number of rotatable bonds is 5. The van der Waals surface area contributed by atoms with Gasteiger partial charge in [0, 0.05) is 38.1 Å². The SMILES string of the molecule is O=C1CCC2CN(CCCNC3CC3)CCN12. The molecule has 1 N–H and O–H groups in total. The van der Waals surface area contributed by atoms with Gasteiger partial charge in [0.2, 0.25) is 5.91 Å². The summed E-state index contributed by atoms with van der Waals surface area (Å²) in [5.74, 6) is 0.380. The van der Waals surface area contributed by atoms with Gasteiger partial charge in [-0.3, -0.25) is 9.69 Å². The van der Waals surface area contributed by atoms with E-state index in [2.05, 4.69) is 15.1 Å². The van der Waals surface area contributed by atoms with Crippen molar-refractivity contribution in [1.82, 2.24) is 15.1 Å². The Morgan fingerprint density at radius 2 is 2.12 bits per heavy atom. The largest absolute Gasteiger partial charge is 0.337 e. The van der Waals surface area contributed by atoms with E-state index in [1.807, 2.05) is 0 Å². The average molecular weight is 237 g/mol. The van der Waals surface area contributed by atoms with Crippen LogP contribution < -0.4 is 5.32 Å². The fourth-order valence-electron chi connectivity index (χ4n) is 3.03. The van der Waals surface area contributed by atoms with Crippen LogP contribution in [0.1, 0.15) is 32.1 Å². The van der Waals surface area contributed by atoms with E-state index in [0.29, 0.717) is 11.9 Å². The normalized spacial score (nSPS) is 29.8. The van der Waals surface area contributed by atoms with Crippen molar-refractivity contribution in [3.8, 4) is 0 Å². The van der Waals surface area contributed by atoms with Crippen molar-refractivity contribution in [3.05, 3.63) is 0 Å². The van der Waals surface area contributed by atoms with Gasteiger partial charge in [-0.05, 0) is 38.8 Å². The molecule has 0 aromatic heterocycles. The molecule has 2 heterocycles. The second-order valence-electron chi connectivity index (χ2n) is 5.66. The summed E-state index contributed by atoms with van der Waals surface area (Å²) < 4.78 is 0. The number of nitrogens with one attached hydrogen (secondary N) is 1. The molecule has 4 heteroatoms. The van der Waals surface area contributed by atoms with E-state index >= 15 is 0 Å². The zero-order chi connectivity index (χ0) is 11.7. The Labute approximate surface area is 103 Å². The first kappa shape index (κ1) is 11.5. The highest BCUT2D eigenvalue weighted by Crippen LogP contribution is 2.22. The quantitative estimate of drug-likeness (QED) is 0.705. The van der Waals surface area contributed by atoms with Crippen LogP contribution in [-0.4, -0.2) is 60.5 Å². The number of hydrogen-bond acceptors (Lipinski definition) is 3. The molecule has 2 saturated heterocycles. The van der Waals surface area contributed by atoms with Gasteiger partial charge in [-0.2, -0.15) is 0 Å². The Bertz CT molecular complexity index is 290. The number of amides is 1. The average Bonchev–Trinajstić information content (AvgIpc) is 3.10. The number of nitrogens with zero attached hydrogens (tertiary/aromatic N) is 2. The smallest absolute Gasteiger partial charge is 0.222 e. The molecule has 1 aliphatic carbocycles. The summed E-state index contributed by atoms with van der Waals surface area (Å²) in [4.78, 5) is 16.2. The van der Waals surface area contributed by atoms with E-state index < -0.39 is 0 Å². The Morgan fingerprint density at radius 1 is 1.24 bits per heavy atom. The number of piperazine rings is 1. The Balaban J connectivity index is 1.36. The molecule has 3 rings (SSSR count). The van der Waals surface area contributed by atoms with E-state index in [9.17, 15) is 4.79 Å². The van der Waals surface area contributed by atoms with Crippen LogP contribution in [0.15, 0.2) is 0 Å². The second-order valence-corrected chi connectivity index (χ2v) is 5.66. The summed E-state index contributed by atoms with van der Waals surface area (Å²) in [6.45, 7) is 5.49. The molecule has 1 amide bonds. The lowest BCUT2D eigenvalue weighted by molar-refractivity contribution is -0.130. The summed E-state index contributed by atoms with van der Waals surface area (Å²) in [6, 6.07) is 1.35. The highest BCUT2D eigenvalue weighted by atomic mass is 16.2. The molecule has 1 atom stereocenters. The summed E-state index contributed by atoms with van der Waals surface area (Å²) in [5, 5.41) is 3.56. The first-order valence-electron chi connectivity index (χ1n) is 7.08. The maximum Gasteiger partial charge on any atom is 0.222 e. The van der Waals surface area contributed by atoms with E-state index in [0.717, 1.165) is 45.1 Å². The van der Waals surface area contributed by atoms with Crippen LogP contribution in [0.25, 0.3) is 0 Å². The van der Waals surface area contributed by atoms with Crippen LogP contribution in [0.4, 0.5) is 0 Å². The zero-order valence-corrected chi connectivity index (χ0v) is 10.5. The van der Waals surface area contributed by atoms with Gasteiger partial charge >= 0.3 is 0 Å². The highest BCUT2D eigenvalue weighted by Gasteiger charge is 2.35. The monoisotopic (exact) mass is 237 g/mol. The molecule has 2 aliphatic heterocycles. The van der Waals surface area contributed by atoms with Gasteiger partial charge in [-0.25, -0.2) is 0 Å². The first-order valence-corrected chi connectivity index (χ1v) is 7.08. The lowest BCUT2D eigenvalue weighted by Crippen LogP contribution is -2.51. The molecular formula is C13H23N3O. The standard InChI is InChI=1S/C13H23N3O/c17-13-5-4-12-10-15(8-9-16(12)13)7-1-6-14-11-2-3-11/h11-12,14H,1-10H2. The number of carbonyl (C=O) groups is 1. The van der Waals surface area contributed by atoms with Crippen molar-refractivity contribution >= 4 is 5.91 Å². The highest BCUT2D eigenvalue weighted by molar-refractivity contribution is 5.78. The lowest BCUT2D eigenvalue weighted by Gasteiger charge is -2.37. The first-order chi connectivity index (χ1) is 8.33. The van der Waals surface area contributed by atoms with E-state index in [1.165, 1.54) is 25.8 Å². The maximum atomic E-state index is 11.6. The molecule has 17 heavy (non-hydrogen) atoms. The van der Waals surface area contributed by atoms with Crippen LogP contribution in [-0.2, 0) is 4.79 Å². The molecule has 1 unspecified atom stereocenters. The number of fused-ring (bicyclic) bond motifs is 1. The van der Waals surface area contributed by atoms with Crippen LogP contribution in [0, 0.1) is 0 Å². The number of carbonyl (C=O) groups excluding carboxylic acids is 1. The van der Waals surface area contributed by atoms with Gasteiger partial charge in [0.1, 0.15) is 0 Å². The second kappa shape index (κ2) is 4.94. The molecular weight excluding hydrogens is 214 g/mol. The predicted octanol–water partition coefficient (Wildman–Crippen LogP) is 0.435. The van der Waals surface area contributed by atoms with Crippen LogP contribution in [0.5, 0.6) is 0 Å². The van der Waals surface area contributed by atoms with Gasteiger partial charge in [-0.15, -0.1) is 0 Å². The molecule has 3 fully saturated rings. The predicted molar refractivity (Wildman–Crippen MR) is 66.8 cm³/mol. The van der Waals surface area contributed by atoms with Crippen molar-refractivity contribution in [1.29, 1.82) is 0 Å². The van der Waals surface area contributed by atoms with Crippen molar-refractivity contribution in [2.75, 3.05) is 32.7 Å².